The summed E-state index contributed by atoms with van der Waals surface area (Å²) < 4.78 is 0. The van der Waals surface area contributed by atoms with Gasteiger partial charge in [-0.1, -0.05) is 32.3 Å². The smallest absolute Gasteiger partial charge is 0.232 e. The Kier molecular flexibility index (Phi) is 3.23. The number of carbonyl (C=O) groups is 1. The summed E-state index contributed by atoms with van der Waals surface area (Å²) in [7, 11) is 0. The number of nitrogens with two attached hydrogens (primary N) is 1. The van der Waals surface area contributed by atoms with E-state index in [0.29, 0.717) is 5.91 Å². The third-order valence-electron chi connectivity index (χ3n) is 5.08. The van der Waals surface area contributed by atoms with Gasteiger partial charge in [0.15, 0.2) is 0 Å². The van der Waals surface area contributed by atoms with Gasteiger partial charge in [-0.15, -0.1) is 0 Å². The number of rotatable bonds is 1. The van der Waals surface area contributed by atoms with Crippen molar-refractivity contribution in [3.05, 3.63) is 23.3 Å². The number of benzene rings is 1. The molecule has 1 aliphatic heterocycles. The SMILES string of the molecule is Cc1cc2c(cc1N)N(C(=O)C1(C)CCCCC1)CC2. The standard InChI is InChI=1S/C17H24N2O/c1-12-10-13-6-9-19(15(13)11-14(12)18)16(20)17(2)7-4-3-5-8-17/h10-11H,3-9,18H2,1-2H3. The summed E-state index contributed by atoms with van der Waals surface area (Å²) >= 11 is 0. The summed E-state index contributed by atoms with van der Waals surface area (Å²) in [4.78, 5) is 14.9. The molecule has 108 valence electrons. The number of nitrogen functional groups attached to an aromatic ring is 1. The van der Waals surface area contributed by atoms with E-state index in [1.807, 2.05) is 17.9 Å². The quantitative estimate of drug-likeness (QED) is 0.796. The highest BCUT2D eigenvalue weighted by Gasteiger charge is 2.40. The molecule has 0 unspecified atom stereocenters. The lowest BCUT2D eigenvalue weighted by Gasteiger charge is -2.35. The van der Waals surface area contributed by atoms with Crippen molar-refractivity contribution in [2.45, 2.75) is 52.4 Å². The Bertz CT molecular complexity index is 544. The number of carbonyl (C=O) groups excluding carboxylic acids is 1. The zero-order chi connectivity index (χ0) is 14.3. The van der Waals surface area contributed by atoms with Gasteiger partial charge in [0.1, 0.15) is 0 Å². The third-order valence-corrected chi connectivity index (χ3v) is 5.08. The van der Waals surface area contributed by atoms with Gasteiger partial charge in [0, 0.05) is 23.3 Å². The first-order valence-corrected chi connectivity index (χ1v) is 7.72. The zero-order valence-corrected chi connectivity index (χ0v) is 12.5. The molecule has 1 heterocycles. The Hall–Kier alpha value is -1.51. The topological polar surface area (TPSA) is 46.3 Å². The predicted molar refractivity (Wildman–Crippen MR) is 82.8 cm³/mol. The summed E-state index contributed by atoms with van der Waals surface area (Å²) in [6.45, 7) is 4.99. The van der Waals surface area contributed by atoms with Crippen LogP contribution in [-0.2, 0) is 11.2 Å². The molecule has 1 aromatic carbocycles. The van der Waals surface area contributed by atoms with Crippen LogP contribution in [0.1, 0.15) is 50.2 Å². The van der Waals surface area contributed by atoms with Crippen molar-refractivity contribution in [3.8, 4) is 0 Å². The van der Waals surface area contributed by atoms with Crippen LogP contribution in [0.15, 0.2) is 12.1 Å². The number of fused-ring (bicyclic) bond motifs is 1. The molecule has 2 aliphatic rings. The van der Waals surface area contributed by atoms with Gasteiger partial charge in [0.25, 0.3) is 0 Å². The number of nitrogens with zero attached hydrogens (tertiary/aromatic N) is 1. The summed E-state index contributed by atoms with van der Waals surface area (Å²) in [5.74, 6) is 0.305. The molecular weight excluding hydrogens is 248 g/mol. The molecule has 3 nitrogen and oxygen atoms in total. The maximum atomic E-state index is 13.0. The molecule has 0 aromatic heterocycles. The fraction of sp³-hybridized carbons (Fsp3) is 0.588. The van der Waals surface area contributed by atoms with Crippen LogP contribution in [0.3, 0.4) is 0 Å². The number of hydrogen-bond donors (Lipinski definition) is 1. The van der Waals surface area contributed by atoms with Gasteiger partial charge in [-0.3, -0.25) is 4.79 Å². The van der Waals surface area contributed by atoms with E-state index < -0.39 is 0 Å². The fourth-order valence-corrected chi connectivity index (χ4v) is 3.66. The lowest BCUT2D eigenvalue weighted by Crippen LogP contribution is -2.42. The molecule has 2 N–H and O–H groups in total. The highest BCUT2D eigenvalue weighted by atomic mass is 16.2. The molecule has 1 amide bonds. The lowest BCUT2D eigenvalue weighted by atomic mass is 9.74. The maximum absolute atomic E-state index is 13.0. The summed E-state index contributed by atoms with van der Waals surface area (Å²) in [5, 5.41) is 0. The molecule has 1 aromatic rings. The van der Waals surface area contributed by atoms with Gasteiger partial charge in [-0.25, -0.2) is 0 Å². The molecular formula is C17H24N2O. The highest BCUT2D eigenvalue weighted by molar-refractivity contribution is 5.99. The Labute approximate surface area is 121 Å². The third kappa shape index (κ3) is 2.09. The van der Waals surface area contributed by atoms with Crippen molar-refractivity contribution in [3.63, 3.8) is 0 Å². The molecule has 0 saturated heterocycles. The molecule has 3 heteroatoms. The Morgan fingerprint density at radius 1 is 1.25 bits per heavy atom. The van der Waals surface area contributed by atoms with Crippen LogP contribution in [0.2, 0.25) is 0 Å². The minimum atomic E-state index is -0.167. The van der Waals surface area contributed by atoms with E-state index in [9.17, 15) is 4.79 Å². The van der Waals surface area contributed by atoms with E-state index in [1.165, 1.54) is 24.8 Å². The summed E-state index contributed by atoms with van der Waals surface area (Å²) in [5.41, 5.74) is 10.1. The Morgan fingerprint density at radius 3 is 2.65 bits per heavy atom. The second-order valence-electron chi connectivity index (χ2n) is 6.67. The van der Waals surface area contributed by atoms with Gasteiger partial charge in [-0.2, -0.15) is 0 Å². The van der Waals surface area contributed by atoms with Crippen molar-refractivity contribution in [2.75, 3.05) is 17.2 Å². The van der Waals surface area contributed by atoms with Gasteiger partial charge < -0.3 is 10.6 Å². The molecule has 1 fully saturated rings. The molecule has 1 saturated carbocycles. The molecule has 3 rings (SSSR count). The number of anilines is 2. The molecule has 0 spiro atoms. The first-order chi connectivity index (χ1) is 9.51. The van der Waals surface area contributed by atoms with E-state index in [2.05, 4.69) is 13.0 Å². The van der Waals surface area contributed by atoms with Crippen molar-refractivity contribution in [2.24, 2.45) is 5.41 Å². The highest BCUT2D eigenvalue weighted by Crippen LogP contribution is 2.41. The second-order valence-corrected chi connectivity index (χ2v) is 6.67. The molecule has 0 bridgehead atoms. The summed E-state index contributed by atoms with van der Waals surface area (Å²) in [6, 6.07) is 4.13. The van der Waals surface area contributed by atoms with E-state index in [1.54, 1.807) is 0 Å². The first kappa shape index (κ1) is 13.5. The first-order valence-electron chi connectivity index (χ1n) is 7.72. The van der Waals surface area contributed by atoms with Gasteiger partial charge >= 0.3 is 0 Å². The fourth-order valence-electron chi connectivity index (χ4n) is 3.66. The van der Waals surface area contributed by atoms with Gasteiger partial charge in [0.05, 0.1) is 0 Å². The minimum Gasteiger partial charge on any atom is -0.398 e. The number of amides is 1. The zero-order valence-electron chi connectivity index (χ0n) is 12.5. The van der Waals surface area contributed by atoms with Crippen LogP contribution in [0.4, 0.5) is 11.4 Å². The van der Waals surface area contributed by atoms with E-state index in [0.717, 1.165) is 42.7 Å². The minimum absolute atomic E-state index is 0.167. The van der Waals surface area contributed by atoms with Crippen molar-refractivity contribution < 1.29 is 4.79 Å². The lowest BCUT2D eigenvalue weighted by molar-refractivity contribution is -0.128. The average Bonchev–Trinajstić information content (AvgIpc) is 2.82. The normalized spacial score (nSPS) is 20.8. The molecule has 20 heavy (non-hydrogen) atoms. The van der Waals surface area contributed by atoms with Crippen LogP contribution < -0.4 is 10.6 Å². The van der Waals surface area contributed by atoms with E-state index in [-0.39, 0.29) is 5.41 Å². The summed E-state index contributed by atoms with van der Waals surface area (Å²) in [6.07, 6.45) is 6.64. The van der Waals surface area contributed by atoms with E-state index in [4.69, 9.17) is 5.73 Å². The van der Waals surface area contributed by atoms with Crippen LogP contribution in [0, 0.1) is 12.3 Å². The average molecular weight is 272 g/mol. The van der Waals surface area contributed by atoms with Crippen LogP contribution in [-0.4, -0.2) is 12.5 Å². The van der Waals surface area contributed by atoms with Crippen molar-refractivity contribution in [1.82, 2.24) is 0 Å². The Balaban J connectivity index is 1.90. The van der Waals surface area contributed by atoms with Gasteiger partial charge in [0.2, 0.25) is 5.91 Å². The molecule has 0 radical (unpaired) electrons. The molecule has 0 atom stereocenters. The second kappa shape index (κ2) is 4.80. The van der Waals surface area contributed by atoms with Crippen molar-refractivity contribution >= 4 is 17.3 Å². The monoisotopic (exact) mass is 272 g/mol. The van der Waals surface area contributed by atoms with Crippen LogP contribution >= 0.6 is 0 Å². The van der Waals surface area contributed by atoms with E-state index >= 15 is 0 Å². The van der Waals surface area contributed by atoms with Gasteiger partial charge in [-0.05, 0) is 43.4 Å². The maximum Gasteiger partial charge on any atom is 0.232 e. The number of aryl methyl sites for hydroxylation is 1. The van der Waals surface area contributed by atoms with Crippen LogP contribution in [0.25, 0.3) is 0 Å². The Morgan fingerprint density at radius 2 is 1.95 bits per heavy atom. The molecule has 1 aliphatic carbocycles. The largest absolute Gasteiger partial charge is 0.398 e. The number of hydrogen-bond acceptors (Lipinski definition) is 2. The van der Waals surface area contributed by atoms with Crippen LogP contribution in [0.5, 0.6) is 0 Å². The van der Waals surface area contributed by atoms with Crippen molar-refractivity contribution in [1.29, 1.82) is 0 Å². The predicted octanol–water partition coefficient (Wildman–Crippen LogP) is 3.44.